The van der Waals surface area contributed by atoms with Crippen LogP contribution >= 0.6 is 0 Å². The van der Waals surface area contributed by atoms with E-state index < -0.39 is 11.7 Å². The molecule has 1 saturated carbocycles. The quantitative estimate of drug-likeness (QED) is 0.758. The van der Waals surface area contributed by atoms with Crippen LogP contribution in [0.15, 0.2) is 24.3 Å². The molecule has 0 aromatic heterocycles. The smallest absolute Gasteiger partial charge is 0.369 e. The van der Waals surface area contributed by atoms with Gasteiger partial charge in [-0.25, -0.2) is 0 Å². The fourth-order valence-electron chi connectivity index (χ4n) is 4.40. The van der Waals surface area contributed by atoms with Crippen LogP contribution in [0.2, 0.25) is 0 Å². The number of hydrogen-bond acceptors (Lipinski definition) is 4. The molecular formula is C22H29F3N4O. The molecule has 0 radical (unpaired) electrons. The van der Waals surface area contributed by atoms with Crippen molar-refractivity contribution < 1.29 is 18.0 Å². The number of halogens is 3. The standard InChI is InChI=1S/C22H29F3N4O/c23-22(24,25)18-3-7-20(8-4-18)29-15-13-28(14-16-29)12-10-17-1-5-19(6-2-17)27-21(30)9-11-26/h3-4,7-8,17,19H,1-2,5-6,9-10,12-16H2,(H,27,30)/t17-,19+. The Hall–Kier alpha value is -2.27. The fourth-order valence-corrected chi connectivity index (χ4v) is 4.40. The van der Waals surface area contributed by atoms with Crippen molar-refractivity contribution >= 4 is 11.6 Å². The zero-order chi connectivity index (χ0) is 21.6. The molecule has 1 saturated heterocycles. The number of benzene rings is 1. The molecule has 0 atom stereocenters. The minimum atomic E-state index is -4.29. The van der Waals surface area contributed by atoms with Crippen molar-refractivity contribution in [2.75, 3.05) is 37.6 Å². The van der Waals surface area contributed by atoms with Crippen molar-refractivity contribution in [3.63, 3.8) is 0 Å². The molecule has 8 heteroatoms. The zero-order valence-electron chi connectivity index (χ0n) is 17.1. The molecule has 1 aromatic rings. The van der Waals surface area contributed by atoms with Gasteiger partial charge in [0.05, 0.1) is 11.6 Å². The molecule has 1 amide bonds. The van der Waals surface area contributed by atoms with Crippen LogP contribution in [0.25, 0.3) is 0 Å². The third-order valence-electron chi connectivity index (χ3n) is 6.24. The average Bonchev–Trinajstić information content (AvgIpc) is 2.73. The van der Waals surface area contributed by atoms with Crippen molar-refractivity contribution in [3.05, 3.63) is 29.8 Å². The van der Waals surface area contributed by atoms with Crippen LogP contribution in [-0.4, -0.2) is 49.6 Å². The van der Waals surface area contributed by atoms with Crippen molar-refractivity contribution in [1.29, 1.82) is 5.26 Å². The topological polar surface area (TPSA) is 59.4 Å². The molecular weight excluding hydrogens is 393 g/mol. The van der Waals surface area contributed by atoms with Gasteiger partial charge in [0.25, 0.3) is 0 Å². The first-order valence-electron chi connectivity index (χ1n) is 10.7. The molecule has 1 aliphatic heterocycles. The van der Waals surface area contributed by atoms with E-state index in [1.165, 1.54) is 0 Å². The van der Waals surface area contributed by atoms with E-state index in [2.05, 4.69) is 15.1 Å². The van der Waals surface area contributed by atoms with E-state index in [9.17, 15) is 18.0 Å². The molecule has 30 heavy (non-hydrogen) atoms. The molecule has 1 heterocycles. The number of amides is 1. The summed E-state index contributed by atoms with van der Waals surface area (Å²) in [4.78, 5) is 16.1. The maximum atomic E-state index is 12.7. The first kappa shape index (κ1) is 22.4. The van der Waals surface area contributed by atoms with Gasteiger partial charge in [-0.3, -0.25) is 9.69 Å². The van der Waals surface area contributed by atoms with E-state index in [0.29, 0.717) is 5.92 Å². The fraction of sp³-hybridized carbons (Fsp3) is 0.636. The third-order valence-corrected chi connectivity index (χ3v) is 6.24. The molecule has 0 bridgehead atoms. The van der Waals surface area contributed by atoms with E-state index in [1.807, 2.05) is 6.07 Å². The molecule has 0 unspecified atom stereocenters. The van der Waals surface area contributed by atoms with Gasteiger partial charge in [0.2, 0.25) is 5.91 Å². The molecule has 1 aliphatic carbocycles. The predicted octanol–water partition coefficient (Wildman–Crippen LogP) is 3.81. The average molecular weight is 422 g/mol. The number of carbonyl (C=O) groups excluding carboxylic acids is 1. The van der Waals surface area contributed by atoms with Crippen molar-refractivity contribution in [1.82, 2.24) is 10.2 Å². The van der Waals surface area contributed by atoms with Gasteiger partial charge in [-0.1, -0.05) is 0 Å². The number of nitriles is 1. The normalized spacial score (nSPS) is 23.1. The number of carbonyl (C=O) groups is 1. The lowest BCUT2D eigenvalue weighted by molar-refractivity contribution is -0.137. The summed E-state index contributed by atoms with van der Waals surface area (Å²) in [6, 6.07) is 7.51. The van der Waals surface area contributed by atoms with Gasteiger partial charge in [0.1, 0.15) is 6.42 Å². The van der Waals surface area contributed by atoms with E-state index >= 15 is 0 Å². The highest BCUT2D eigenvalue weighted by molar-refractivity contribution is 5.78. The number of nitrogens with one attached hydrogen (secondary N) is 1. The maximum Gasteiger partial charge on any atom is 0.416 e. The minimum Gasteiger partial charge on any atom is -0.369 e. The number of hydrogen-bond donors (Lipinski definition) is 1. The lowest BCUT2D eigenvalue weighted by atomic mass is 9.84. The van der Waals surface area contributed by atoms with E-state index in [-0.39, 0.29) is 18.4 Å². The molecule has 3 rings (SSSR count). The number of piperazine rings is 1. The summed E-state index contributed by atoms with van der Waals surface area (Å²) in [5, 5.41) is 11.5. The van der Waals surface area contributed by atoms with E-state index in [0.717, 1.165) is 82.6 Å². The number of rotatable bonds is 6. The second kappa shape index (κ2) is 10.2. The van der Waals surface area contributed by atoms with Gasteiger partial charge in [0.15, 0.2) is 0 Å². The van der Waals surface area contributed by atoms with Crippen LogP contribution < -0.4 is 10.2 Å². The maximum absolute atomic E-state index is 12.7. The SMILES string of the molecule is N#CCC(=O)N[C@H]1CC[C@@H](CCN2CCN(c3ccc(C(F)(F)F)cc3)CC2)CC1. The Balaban J connectivity index is 1.35. The summed E-state index contributed by atoms with van der Waals surface area (Å²) in [5.74, 6) is 0.494. The summed E-state index contributed by atoms with van der Waals surface area (Å²) >= 11 is 0. The minimum absolute atomic E-state index is 0.0711. The largest absolute Gasteiger partial charge is 0.416 e. The molecule has 1 aromatic carbocycles. The van der Waals surface area contributed by atoms with Crippen LogP contribution in [-0.2, 0) is 11.0 Å². The van der Waals surface area contributed by atoms with E-state index in [4.69, 9.17) is 5.26 Å². The first-order valence-corrected chi connectivity index (χ1v) is 10.7. The van der Waals surface area contributed by atoms with Crippen LogP contribution in [0, 0.1) is 17.2 Å². The lowest BCUT2D eigenvalue weighted by Gasteiger charge is -2.37. The zero-order valence-corrected chi connectivity index (χ0v) is 17.1. The molecule has 164 valence electrons. The number of alkyl halides is 3. The van der Waals surface area contributed by atoms with Gasteiger partial charge >= 0.3 is 6.18 Å². The second-order valence-electron chi connectivity index (χ2n) is 8.28. The summed E-state index contributed by atoms with van der Waals surface area (Å²) in [5.41, 5.74) is 0.239. The summed E-state index contributed by atoms with van der Waals surface area (Å²) in [7, 11) is 0. The summed E-state index contributed by atoms with van der Waals surface area (Å²) < 4.78 is 38.1. The Kier molecular flexibility index (Phi) is 7.59. The molecule has 1 N–H and O–H groups in total. The van der Waals surface area contributed by atoms with Gasteiger partial charge in [-0.15, -0.1) is 0 Å². The van der Waals surface area contributed by atoms with E-state index in [1.54, 1.807) is 12.1 Å². The molecule has 2 aliphatic rings. The Morgan fingerprint density at radius 3 is 2.27 bits per heavy atom. The van der Waals surface area contributed by atoms with Crippen molar-refractivity contribution in [3.8, 4) is 6.07 Å². The van der Waals surface area contributed by atoms with Gasteiger partial charge in [-0.2, -0.15) is 18.4 Å². The highest BCUT2D eigenvalue weighted by Crippen LogP contribution is 2.31. The van der Waals surface area contributed by atoms with Gasteiger partial charge in [0, 0.05) is 37.9 Å². The molecule has 5 nitrogen and oxygen atoms in total. The second-order valence-corrected chi connectivity index (χ2v) is 8.28. The first-order chi connectivity index (χ1) is 14.3. The Bertz CT molecular complexity index is 728. The van der Waals surface area contributed by atoms with Crippen LogP contribution in [0.3, 0.4) is 0 Å². The highest BCUT2D eigenvalue weighted by atomic mass is 19.4. The molecule has 2 fully saturated rings. The Labute approximate surface area is 175 Å². The summed E-state index contributed by atoms with van der Waals surface area (Å²) in [6.45, 7) is 4.52. The Morgan fingerprint density at radius 2 is 1.70 bits per heavy atom. The molecule has 0 spiro atoms. The highest BCUT2D eigenvalue weighted by Gasteiger charge is 2.30. The number of anilines is 1. The monoisotopic (exact) mass is 422 g/mol. The third kappa shape index (κ3) is 6.36. The van der Waals surface area contributed by atoms with Gasteiger partial charge in [-0.05, 0) is 68.8 Å². The predicted molar refractivity (Wildman–Crippen MR) is 109 cm³/mol. The Morgan fingerprint density at radius 1 is 1.07 bits per heavy atom. The van der Waals surface area contributed by atoms with Crippen LogP contribution in [0.5, 0.6) is 0 Å². The lowest BCUT2D eigenvalue weighted by Crippen LogP contribution is -2.47. The van der Waals surface area contributed by atoms with Crippen molar-refractivity contribution in [2.24, 2.45) is 5.92 Å². The van der Waals surface area contributed by atoms with Gasteiger partial charge < -0.3 is 10.2 Å². The van der Waals surface area contributed by atoms with Crippen LogP contribution in [0.4, 0.5) is 18.9 Å². The summed E-state index contributed by atoms with van der Waals surface area (Å²) in [6.07, 6.45) is 0.926. The number of nitrogens with zero attached hydrogens (tertiary/aromatic N) is 3. The van der Waals surface area contributed by atoms with Crippen LogP contribution in [0.1, 0.15) is 44.1 Å². The van der Waals surface area contributed by atoms with Crippen molar-refractivity contribution in [2.45, 2.75) is 50.7 Å².